The lowest BCUT2D eigenvalue weighted by atomic mass is 9.64. The molecule has 168 valence electrons. The van der Waals surface area contributed by atoms with Crippen LogP contribution in [0.4, 0.5) is 4.79 Å². The summed E-state index contributed by atoms with van der Waals surface area (Å²) in [6, 6.07) is 18.5. The van der Waals surface area contributed by atoms with Crippen molar-refractivity contribution >= 4 is 17.8 Å². The number of imide groups is 1. The van der Waals surface area contributed by atoms with Crippen LogP contribution in [0, 0.1) is 11.3 Å². The Labute approximate surface area is 189 Å². The number of carbonyl (C=O) groups is 3. The van der Waals surface area contributed by atoms with Gasteiger partial charge in [0.2, 0.25) is 5.91 Å². The van der Waals surface area contributed by atoms with Crippen molar-refractivity contribution in [3.8, 4) is 0 Å². The van der Waals surface area contributed by atoms with Crippen LogP contribution >= 0.6 is 0 Å². The quantitative estimate of drug-likeness (QED) is 0.699. The van der Waals surface area contributed by atoms with Crippen molar-refractivity contribution in [3.63, 3.8) is 0 Å². The molecule has 1 heterocycles. The second-order valence-corrected chi connectivity index (χ2v) is 10.1. The molecule has 1 saturated heterocycles. The number of urea groups is 1. The minimum atomic E-state index is -0.906. The van der Waals surface area contributed by atoms with Crippen LogP contribution in [0.3, 0.4) is 0 Å². The van der Waals surface area contributed by atoms with Gasteiger partial charge in [-0.3, -0.25) is 14.5 Å². The van der Waals surface area contributed by atoms with Gasteiger partial charge in [-0.15, -0.1) is 0 Å². The molecule has 1 spiro atoms. The lowest BCUT2D eigenvalue weighted by Gasteiger charge is -2.43. The summed E-state index contributed by atoms with van der Waals surface area (Å²) in [5.41, 5.74) is 0.911. The Morgan fingerprint density at radius 3 is 2.12 bits per heavy atom. The third-order valence-electron chi connectivity index (χ3n) is 6.50. The predicted molar refractivity (Wildman–Crippen MR) is 123 cm³/mol. The predicted octanol–water partition coefficient (Wildman–Crippen LogP) is 4.03. The zero-order chi connectivity index (χ0) is 22.9. The molecular weight excluding hydrogens is 402 g/mol. The van der Waals surface area contributed by atoms with Gasteiger partial charge in [-0.05, 0) is 41.7 Å². The van der Waals surface area contributed by atoms with Gasteiger partial charge in [-0.25, -0.2) is 4.79 Å². The lowest BCUT2D eigenvalue weighted by molar-refractivity contribution is -0.137. The van der Waals surface area contributed by atoms with Gasteiger partial charge in [-0.2, -0.15) is 0 Å². The minimum absolute atomic E-state index is 0.0510. The van der Waals surface area contributed by atoms with E-state index < -0.39 is 11.6 Å². The molecule has 2 atom stereocenters. The van der Waals surface area contributed by atoms with Gasteiger partial charge in [0.25, 0.3) is 5.91 Å². The van der Waals surface area contributed by atoms with Crippen LogP contribution in [-0.2, 0) is 9.59 Å². The monoisotopic (exact) mass is 433 g/mol. The Morgan fingerprint density at radius 1 is 1.03 bits per heavy atom. The normalized spacial score (nSPS) is 24.6. The molecule has 6 nitrogen and oxygen atoms in total. The molecule has 1 saturated carbocycles. The van der Waals surface area contributed by atoms with Gasteiger partial charge in [0.05, 0.1) is 6.04 Å². The van der Waals surface area contributed by atoms with E-state index in [0.717, 1.165) is 22.4 Å². The molecule has 0 aromatic heterocycles. The first-order valence-electron chi connectivity index (χ1n) is 11.2. The molecule has 0 bridgehead atoms. The molecule has 0 radical (unpaired) electrons. The Kier molecular flexibility index (Phi) is 5.80. The molecular formula is C26H31N3O3. The largest absolute Gasteiger partial charge is 0.344 e. The first-order chi connectivity index (χ1) is 15.2. The molecule has 2 aromatic carbocycles. The van der Waals surface area contributed by atoms with Crippen molar-refractivity contribution in [3.05, 3.63) is 71.8 Å². The first kappa shape index (κ1) is 22.1. The van der Waals surface area contributed by atoms with E-state index in [-0.39, 0.29) is 29.8 Å². The molecule has 6 heteroatoms. The summed E-state index contributed by atoms with van der Waals surface area (Å²) < 4.78 is 0. The fourth-order valence-corrected chi connectivity index (χ4v) is 5.65. The maximum Gasteiger partial charge on any atom is 0.325 e. The molecule has 0 unspecified atom stereocenters. The second-order valence-electron chi connectivity index (χ2n) is 10.1. The Hall–Kier alpha value is -3.15. The molecule has 4 amide bonds. The SMILES string of the molecule is C[C@@H]1CC(C)(C)C[C@@]2(C1)NC(=O)N(CC(=O)NC(c1ccccc1)c1ccccc1)C2=O. The number of nitrogens with one attached hydrogen (secondary N) is 2. The second kappa shape index (κ2) is 8.41. The lowest BCUT2D eigenvalue weighted by Crippen LogP contribution is -2.54. The number of nitrogens with zero attached hydrogens (tertiary/aromatic N) is 1. The third-order valence-corrected chi connectivity index (χ3v) is 6.50. The third kappa shape index (κ3) is 4.40. The van der Waals surface area contributed by atoms with Crippen LogP contribution in [0.15, 0.2) is 60.7 Å². The topological polar surface area (TPSA) is 78.5 Å². The van der Waals surface area contributed by atoms with Crippen LogP contribution in [0.2, 0.25) is 0 Å². The zero-order valence-corrected chi connectivity index (χ0v) is 18.9. The molecule has 2 fully saturated rings. The highest BCUT2D eigenvalue weighted by Crippen LogP contribution is 2.46. The summed E-state index contributed by atoms with van der Waals surface area (Å²) in [5.74, 6) is -0.336. The van der Waals surface area contributed by atoms with E-state index >= 15 is 0 Å². The van der Waals surface area contributed by atoms with Gasteiger partial charge in [0.15, 0.2) is 0 Å². The number of carbonyl (C=O) groups excluding carboxylic acids is 3. The summed E-state index contributed by atoms with van der Waals surface area (Å²) >= 11 is 0. The van der Waals surface area contributed by atoms with Crippen molar-refractivity contribution in [2.24, 2.45) is 11.3 Å². The fraction of sp³-hybridized carbons (Fsp3) is 0.423. The minimum Gasteiger partial charge on any atom is -0.344 e. The summed E-state index contributed by atoms with van der Waals surface area (Å²) in [6.07, 6.45) is 2.20. The van der Waals surface area contributed by atoms with Gasteiger partial charge >= 0.3 is 6.03 Å². The summed E-state index contributed by atoms with van der Waals surface area (Å²) in [4.78, 5) is 40.2. The van der Waals surface area contributed by atoms with Crippen molar-refractivity contribution in [2.75, 3.05) is 6.54 Å². The highest BCUT2D eigenvalue weighted by molar-refractivity contribution is 6.09. The molecule has 2 N–H and O–H groups in total. The van der Waals surface area contributed by atoms with Crippen molar-refractivity contribution in [2.45, 2.75) is 51.6 Å². The Morgan fingerprint density at radius 2 is 1.59 bits per heavy atom. The van der Waals surface area contributed by atoms with Crippen LogP contribution < -0.4 is 10.6 Å². The van der Waals surface area contributed by atoms with E-state index in [1.807, 2.05) is 60.7 Å². The average Bonchev–Trinajstić information content (AvgIpc) is 2.95. The Balaban J connectivity index is 1.52. The maximum atomic E-state index is 13.3. The molecule has 4 rings (SSSR count). The highest BCUT2D eigenvalue weighted by atomic mass is 16.2. The van der Waals surface area contributed by atoms with E-state index in [1.54, 1.807) is 0 Å². The van der Waals surface area contributed by atoms with Gasteiger partial charge < -0.3 is 10.6 Å². The van der Waals surface area contributed by atoms with Gasteiger partial charge in [0.1, 0.15) is 12.1 Å². The molecule has 2 aliphatic rings. The summed E-state index contributed by atoms with van der Waals surface area (Å²) in [6.45, 7) is 6.08. The number of hydrogen-bond donors (Lipinski definition) is 2. The molecule has 1 aliphatic heterocycles. The van der Waals surface area contributed by atoms with Crippen molar-refractivity contribution in [1.82, 2.24) is 15.5 Å². The fourth-order valence-electron chi connectivity index (χ4n) is 5.65. The van der Waals surface area contributed by atoms with Crippen LogP contribution in [-0.4, -0.2) is 34.8 Å². The van der Waals surface area contributed by atoms with Crippen molar-refractivity contribution < 1.29 is 14.4 Å². The number of amides is 4. The zero-order valence-electron chi connectivity index (χ0n) is 18.9. The summed E-state index contributed by atoms with van der Waals surface area (Å²) in [7, 11) is 0. The van der Waals surface area contributed by atoms with Crippen LogP contribution in [0.25, 0.3) is 0 Å². The van der Waals surface area contributed by atoms with Crippen LogP contribution in [0.5, 0.6) is 0 Å². The number of hydrogen-bond acceptors (Lipinski definition) is 3. The highest BCUT2D eigenvalue weighted by Gasteiger charge is 2.56. The van der Waals surface area contributed by atoms with E-state index in [2.05, 4.69) is 31.4 Å². The first-order valence-corrected chi connectivity index (χ1v) is 11.2. The number of benzene rings is 2. The summed E-state index contributed by atoms with van der Waals surface area (Å²) in [5, 5.41) is 5.96. The number of rotatable bonds is 5. The smallest absolute Gasteiger partial charge is 0.325 e. The van der Waals surface area contributed by atoms with Gasteiger partial charge in [-0.1, -0.05) is 81.4 Å². The van der Waals surface area contributed by atoms with E-state index in [0.29, 0.717) is 18.8 Å². The van der Waals surface area contributed by atoms with Gasteiger partial charge in [0, 0.05) is 0 Å². The maximum absolute atomic E-state index is 13.3. The van der Waals surface area contributed by atoms with E-state index in [4.69, 9.17) is 0 Å². The molecule has 1 aliphatic carbocycles. The standard InChI is InChI=1S/C26H31N3O3/c1-18-14-25(2,3)17-26(15-18)23(31)29(24(32)28-26)16-21(30)27-22(19-10-6-4-7-11-19)20-12-8-5-9-13-20/h4-13,18,22H,14-17H2,1-3H3,(H,27,30)(H,28,32)/t18-,26-/m1/s1. The van der Waals surface area contributed by atoms with Crippen molar-refractivity contribution in [1.29, 1.82) is 0 Å². The average molecular weight is 434 g/mol. The van der Waals surface area contributed by atoms with Crippen LogP contribution in [0.1, 0.15) is 57.2 Å². The molecule has 2 aromatic rings. The Bertz CT molecular complexity index is 966. The molecule has 32 heavy (non-hydrogen) atoms. The van der Waals surface area contributed by atoms with E-state index in [9.17, 15) is 14.4 Å². The van der Waals surface area contributed by atoms with E-state index in [1.165, 1.54) is 0 Å².